The monoisotopic (exact) mass is 390 g/mol. The van der Waals surface area contributed by atoms with Gasteiger partial charge in [-0.25, -0.2) is 4.98 Å². The molecule has 0 radical (unpaired) electrons. The van der Waals surface area contributed by atoms with Gasteiger partial charge in [-0.05, 0) is 48.9 Å². The number of aryl methyl sites for hydroxylation is 1. The van der Waals surface area contributed by atoms with Crippen LogP contribution in [0.4, 0.5) is 0 Å². The second-order valence-electron chi connectivity index (χ2n) is 5.41. The van der Waals surface area contributed by atoms with Crippen LogP contribution in [-0.2, 0) is 12.4 Å². The van der Waals surface area contributed by atoms with Gasteiger partial charge in [0.2, 0.25) is 5.88 Å². The van der Waals surface area contributed by atoms with E-state index in [-0.39, 0.29) is 0 Å². The van der Waals surface area contributed by atoms with E-state index < -0.39 is 0 Å². The lowest BCUT2D eigenvalue weighted by Gasteiger charge is -2.09. The summed E-state index contributed by atoms with van der Waals surface area (Å²) < 4.78 is 5.80. The first kappa shape index (κ1) is 18.1. The highest BCUT2D eigenvalue weighted by atomic mass is 35.5. The highest BCUT2D eigenvalue weighted by Crippen LogP contribution is 2.25. The van der Waals surface area contributed by atoms with Gasteiger partial charge >= 0.3 is 0 Å². The maximum Gasteiger partial charge on any atom is 0.217 e. The van der Waals surface area contributed by atoms with E-state index in [2.05, 4.69) is 9.97 Å². The Hall–Kier alpha value is -1.75. The lowest BCUT2D eigenvalue weighted by atomic mass is 10.2. The van der Waals surface area contributed by atoms with Crippen molar-refractivity contribution < 1.29 is 4.74 Å². The quantitative estimate of drug-likeness (QED) is 0.486. The molecule has 0 aliphatic carbocycles. The van der Waals surface area contributed by atoms with Crippen molar-refractivity contribution in [2.45, 2.75) is 24.2 Å². The molecule has 0 aliphatic rings. The second kappa shape index (κ2) is 8.56. The van der Waals surface area contributed by atoms with Crippen LogP contribution in [-0.4, -0.2) is 9.97 Å². The molecule has 0 fully saturated rings. The summed E-state index contributed by atoms with van der Waals surface area (Å²) in [6.45, 7) is 2.28. The molecule has 25 heavy (non-hydrogen) atoms. The Morgan fingerprint density at radius 1 is 0.960 bits per heavy atom. The van der Waals surface area contributed by atoms with E-state index in [4.69, 9.17) is 27.9 Å². The number of thioether (sulfide) groups is 1. The topological polar surface area (TPSA) is 35.0 Å². The first-order valence-corrected chi connectivity index (χ1v) is 9.43. The Bertz CT molecular complexity index is 856. The number of hydrogen-bond acceptors (Lipinski definition) is 4. The van der Waals surface area contributed by atoms with Crippen LogP contribution < -0.4 is 4.74 Å². The zero-order valence-electron chi connectivity index (χ0n) is 13.6. The van der Waals surface area contributed by atoms with Gasteiger partial charge in [0.15, 0.2) is 0 Å². The number of aromatic nitrogens is 2. The molecule has 0 atom stereocenters. The van der Waals surface area contributed by atoms with Gasteiger partial charge in [-0.2, -0.15) is 4.98 Å². The van der Waals surface area contributed by atoms with Crippen molar-refractivity contribution in [1.82, 2.24) is 9.97 Å². The smallest absolute Gasteiger partial charge is 0.217 e. The summed E-state index contributed by atoms with van der Waals surface area (Å²) in [6, 6.07) is 17.2. The maximum atomic E-state index is 5.99. The van der Waals surface area contributed by atoms with Crippen LogP contribution in [0.1, 0.15) is 17.1 Å². The third kappa shape index (κ3) is 5.63. The summed E-state index contributed by atoms with van der Waals surface area (Å²) >= 11 is 13.6. The molecule has 0 unspecified atom stereocenters. The molecule has 1 heterocycles. The fourth-order valence-electron chi connectivity index (χ4n) is 2.22. The number of nitrogens with zero attached hydrogens (tertiary/aromatic N) is 2. The SMILES string of the molecule is Cc1nc(CSc2ccc(Cl)cc2)cc(OCc2cccc(Cl)c2)n1. The number of ether oxygens (including phenoxy) is 1. The molecule has 3 rings (SSSR count). The van der Waals surface area contributed by atoms with Crippen LogP contribution in [0, 0.1) is 6.92 Å². The molecule has 0 amide bonds. The summed E-state index contributed by atoms with van der Waals surface area (Å²) in [5, 5.41) is 1.43. The Morgan fingerprint density at radius 3 is 2.52 bits per heavy atom. The number of benzene rings is 2. The summed E-state index contributed by atoms with van der Waals surface area (Å²) in [5.41, 5.74) is 1.93. The van der Waals surface area contributed by atoms with Gasteiger partial charge < -0.3 is 4.74 Å². The number of rotatable bonds is 6. The van der Waals surface area contributed by atoms with E-state index in [0.29, 0.717) is 23.3 Å². The second-order valence-corrected chi connectivity index (χ2v) is 7.33. The van der Waals surface area contributed by atoms with Crippen LogP contribution in [0.5, 0.6) is 5.88 Å². The number of halogens is 2. The molecule has 0 spiro atoms. The van der Waals surface area contributed by atoms with E-state index in [1.165, 1.54) is 0 Å². The summed E-state index contributed by atoms with van der Waals surface area (Å²) in [6.07, 6.45) is 0. The van der Waals surface area contributed by atoms with Crippen LogP contribution in [0.15, 0.2) is 59.5 Å². The highest BCUT2D eigenvalue weighted by molar-refractivity contribution is 7.98. The first-order chi connectivity index (χ1) is 12.1. The Kier molecular flexibility index (Phi) is 6.19. The van der Waals surface area contributed by atoms with Crippen molar-refractivity contribution in [3.05, 3.63) is 81.7 Å². The largest absolute Gasteiger partial charge is 0.473 e. The molecule has 3 aromatic rings. The Morgan fingerprint density at radius 2 is 1.76 bits per heavy atom. The van der Waals surface area contributed by atoms with Crippen molar-refractivity contribution in [3.8, 4) is 5.88 Å². The summed E-state index contributed by atoms with van der Waals surface area (Å²) in [7, 11) is 0. The minimum absolute atomic E-state index is 0.417. The van der Waals surface area contributed by atoms with Crippen LogP contribution >= 0.6 is 35.0 Å². The molecule has 3 nitrogen and oxygen atoms in total. The molecule has 0 N–H and O–H groups in total. The molecule has 0 saturated carbocycles. The third-order valence-electron chi connectivity index (χ3n) is 3.34. The molecular weight excluding hydrogens is 375 g/mol. The van der Waals surface area contributed by atoms with Crippen molar-refractivity contribution in [2.75, 3.05) is 0 Å². The average molecular weight is 391 g/mol. The molecule has 2 aromatic carbocycles. The van der Waals surface area contributed by atoms with Gasteiger partial charge in [0.1, 0.15) is 12.4 Å². The molecule has 128 valence electrons. The lowest BCUT2D eigenvalue weighted by molar-refractivity contribution is 0.292. The van der Waals surface area contributed by atoms with E-state index in [1.54, 1.807) is 11.8 Å². The first-order valence-electron chi connectivity index (χ1n) is 7.69. The highest BCUT2D eigenvalue weighted by Gasteiger charge is 2.05. The van der Waals surface area contributed by atoms with Gasteiger partial charge in [0, 0.05) is 26.8 Å². The predicted octanol–water partition coefficient (Wildman–Crippen LogP) is 5.96. The summed E-state index contributed by atoms with van der Waals surface area (Å²) in [4.78, 5) is 9.96. The van der Waals surface area contributed by atoms with E-state index in [1.807, 2.05) is 61.5 Å². The van der Waals surface area contributed by atoms with E-state index in [0.717, 1.165) is 26.9 Å². The predicted molar refractivity (Wildman–Crippen MR) is 104 cm³/mol. The van der Waals surface area contributed by atoms with Gasteiger partial charge in [-0.3, -0.25) is 0 Å². The fourth-order valence-corrected chi connectivity index (χ4v) is 3.35. The minimum atomic E-state index is 0.417. The standard InChI is InChI=1S/C19H16Cl2N2OS/c1-13-22-17(12-25-18-7-5-15(20)6-8-18)10-19(23-13)24-11-14-3-2-4-16(21)9-14/h2-10H,11-12H2,1H3. The molecule has 0 aliphatic heterocycles. The Balaban J connectivity index is 1.64. The lowest BCUT2D eigenvalue weighted by Crippen LogP contribution is -2.01. The zero-order chi connectivity index (χ0) is 17.6. The van der Waals surface area contributed by atoms with Crippen molar-refractivity contribution in [2.24, 2.45) is 0 Å². The minimum Gasteiger partial charge on any atom is -0.473 e. The molecule has 1 aromatic heterocycles. The molecular formula is C19H16Cl2N2OS. The van der Waals surface area contributed by atoms with E-state index in [9.17, 15) is 0 Å². The van der Waals surface area contributed by atoms with Gasteiger partial charge in [-0.15, -0.1) is 11.8 Å². The van der Waals surface area contributed by atoms with Crippen LogP contribution in [0.3, 0.4) is 0 Å². The van der Waals surface area contributed by atoms with Crippen molar-refractivity contribution >= 4 is 35.0 Å². The molecule has 0 saturated heterocycles. The summed E-state index contributed by atoms with van der Waals surface area (Å²) in [5.74, 6) is 1.99. The van der Waals surface area contributed by atoms with Gasteiger partial charge in [0.25, 0.3) is 0 Å². The van der Waals surface area contributed by atoms with Gasteiger partial charge in [0.05, 0.1) is 5.69 Å². The molecule has 6 heteroatoms. The van der Waals surface area contributed by atoms with Crippen molar-refractivity contribution in [1.29, 1.82) is 0 Å². The zero-order valence-corrected chi connectivity index (χ0v) is 15.9. The van der Waals surface area contributed by atoms with Crippen LogP contribution in [0.25, 0.3) is 0 Å². The van der Waals surface area contributed by atoms with Gasteiger partial charge in [-0.1, -0.05) is 35.3 Å². The Labute approximate surface area is 161 Å². The van der Waals surface area contributed by atoms with Crippen molar-refractivity contribution in [3.63, 3.8) is 0 Å². The van der Waals surface area contributed by atoms with Crippen LogP contribution in [0.2, 0.25) is 10.0 Å². The van der Waals surface area contributed by atoms with E-state index >= 15 is 0 Å². The normalized spacial score (nSPS) is 10.7. The maximum absolute atomic E-state index is 5.99. The third-order valence-corrected chi connectivity index (χ3v) is 4.88. The fraction of sp³-hybridized carbons (Fsp3) is 0.158. The molecule has 0 bridgehead atoms. The average Bonchev–Trinajstić information content (AvgIpc) is 2.59. The number of hydrogen-bond donors (Lipinski definition) is 0.